The fourth-order valence-corrected chi connectivity index (χ4v) is 2.82. The van der Waals surface area contributed by atoms with E-state index in [1.807, 2.05) is 18.3 Å². The molecule has 0 bridgehead atoms. The molecule has 0 radical (unpaired) electrons. The Bertz CT molecular complexity index is 546. The summed E-state index contributed by atoms with van der Waals surface area (Å²) in [4.78, 5) is 5.78. The minimum atomic E-state index is 0.687. The highest BCUT2D eigenvalue weighted by molar-refractivity contribution is 7.11. The molecule has 106 valence electrons. The Morgan fingerprint density at radius 3 is 2.85 bits per heavy atom. The number of benzene rings is 1. The van der Waals surface area contributed by atoms with Gasteiger partial charge in [-0.1, -0.05) is 17.7 Å². The highest BCUT2D eigenvalue weighted by Gasteiger charge is 2.20. The van der Waals surface area contributed by atoms with Crippen LogP contribution in [0.4, 0.5) is 0 Å². The number of ether oxygens (including phenoxy) is 1. The van der Waals surface area contributed by atoms with Crippen molar-refractivity contribution in [2.24, 2.45) is 0 Å². The molecule has 4 heteroatoms. The van der Waals surface area contributed by atoms with Gasteiger partial charge >= 0.3 is 0 Å². The Morgan fingerprint density at radius 1 is 1.30 bits per heavy atom. The lowest BCUT2D eigenvalue weighted by atomic mass is 10.2. The maximum Gasteiger partial charge on any atom is 0.119 e. The lowest BCUT2D eigenvalue weighted by Gasteiger charge is -2.04. The zero-order valence-electron chi connectivity index (χ0n) is 11.8. The van der Waals surface area contributed by atoms with Crippen LogP contribution in [-0.2, 0) is 13.0 Å². The molecule has 1 aromatic heterocycles. The molecule has 20 heavy (non-hydrogen) atoms. The van der Waals surface area contributed by atoms with Crippen LogP contribution in [0.2, 0.25) is 0 Å². The molecule has 0 atom stereocenters. The number of hydrogen-bond acceptors (Lipinski definition) is 4. The lowest BCUT2D eigenvalue weighted by molar-refractivity contribution is 0.321. The minimum Gasteiger partial charge on any atom is -0.493 e. The summed E-state index contributed by atoms with van der Waals surface area (Å²) < 4.78 is 5.73. The van der Waals surface area contributed by atoms with Crippen LogP contribution in [0.15, 0.2) is 30.5 Å². The highest BCUT2D eigenvalue weighted by Crippen LogP contribution is 2.21. The van der Waals surface area contributed by atoms with Gasteiger partial charge in [-0.25, -0.2) is 4.98 Å². The van der Waals surface area contributed by atoms with E-state index in [2.05, 4.69) is 29.4 Å². The van der Waals surface area contributed by atoms with E-state index < -0.39 is 0 Å². The summed E-state index contributed by atoms with van der Waals surface area (Å²) in [6.45, 7) is 3.73. The van der Waals surface area contributed by atoms with Gasteiger partial charge in [0.05, 0.1) is 11.6 Å². The summed E-state index contributed by atoms with van der Waals surface area (Å²) in [7, 11) is 0. The summed E-state index contributed by atoms with van der Waals surface area (Å²) >= 11 is 1.79. The second kappa shape index (κ2) is 6.37. The first kappa shape index (κ1) is 13.6. The van der Waals surface area contributed by atoms with Crippen molar-refractivity contribution in [1.29, 1.82) is 0 Å². The molecule has 0 amide bonds. The number of aromatic nitrogens is 1. The Kier molecular flexibility index (Phi) is 4.33. The highest BCUT2D eigenvalue weighted by atomic mass is 32.1. The summed E-state index contributed by atoms with van der Waals surface area (Å²) in [6, 6.07) is 8.93. The average Bonchev–Trinajstić information content (AvgIpc) is 3.18. The molecule has 0 saturated heterocycles. The molecular formula is C16H20N2OS. The number of hydrogen-bond donors (Lipinski definition) is 1. The van der Waals surface area contributed by atoms with Crippen LogP contribution in [0.25, 0.3) is 0 Å². The first-order valence-corrected chi connectivity index (χ1v) is 7.98. The molecular weight excluding hydrogens is 268 g/mol. The van der Waals surface area contributed by atoms with Crippen molar-refractivity contribution in [3.8, 4) is 5.75 Å². The Labute approximate surface area is 124 Å². The zero-order valence-corrected chi connectivity index (χ0v) is 12.6. The molecule has 1 fully saturated rings. The smallest absolute Gasteiger partial charge is 0.119 e. The van der Waals surface area contributed by atoms with Crippen LogP contribution in [0.5, 0.6) is 5.75 Å². The fraction of sp³-hybridized carbons (Fsp3) is 0.438. The largest absolute Gasteiger partial charge is 0.493 e. The Balaban J connectivity index is 1.42. The molecule has 3 rings (SSSR count). The number of nitrogens with zero attached hydrogens (tertiary/aromatic N) is 1. The van der Waals surface area contributed by atoms with Crippen molar-refractivity contribution in [2.75, 3.05) is 6.61 Å². The monoisotopic (exact) mass is 288 g/mol. The predicted molar refractivity (Wildman–Crippen MR) is 82.4 cm³/mol. The van der Waals surface area contributed by atoms with Crippen LogP contribution >= 0.6 is 11.3 Å². The molecule has 1 aliphatic rings. The molecule has 1 N–H and O–H groups in total. The van der Waals surface area contributed by atoms with Crippen molar-refractivity contribution in [2.45, 2.75) is 38.8 Å². The van der Waals surface area contributed by atoms with Crippen LogP contribution < -0.4 is 10.1 Å². The van der Waals surface area contributed by atoms with E-state index >= 15 is 0 Å². The van der Waals surface area contributed by atoms with E-state index in [1.54, 1.807) is 11.3 Å². The number of rotatable bonds is 7. The van der Waals surface area contributed by atoms with Gasteiger partial charge < -0.3 is 10.1 Å². The van der Waals surface area contributed by atoms with Crippen LogP contribution in [0, 0.1) is 6.92 Å². The van der Waals surface area contributed by atoms with Crippen LogP contribution in [0.3, 0.4) is 0 Å². The van der Waals surface area contributed by atoms with Gasteiger partial charge in [0.15, 0.2) is 0 Å². The quantitative estimate of drug-likeness (QED) is 0.848. The normalized spacial score (nSPS) is 14.4. The summed E-state index contributed by atoms with van der Waals surface area (Å²) in [5.74, 6) is 0.933. The topological polar surface area (TPSA) is 34.1 Å². The first-order chi connectivity index (χ1) is 9.79. The molecule has 1 saturated carbocycles. The van der Waals surface area contributed by atoms with E-state index in [1.165, 1.54) is 23.3 Å². The maximum absolute atomic E-state index is 5.73. The second-order valence-electron chi connectivity index (χ2n) is 5.29. The van der Waals surface area contributed by atoms with Gasteiger partial charge in [-0.2, -0.15) is 0 Å². The summed E-state index contributed by atoms with van der Waals surface area (Å²) in [5.41, 5.74) is 1.25. The third-order valence-electron chi connectivity index (χ3n) is 3.35. The molecule has 1 aliphatic carbocycles. The van der Waals surface area contributed by atoms with Gasteiger partial charge in [-0.15, -0.1) is 11.3 Å². The summed E-state index contributed by atoms with van der Waals surface area (Å²) in [6.07, 6.45) is 5.52. The van der Waals surface area contributed by atoms with Crippen molar-refractivity contribution in [3.63, 3.8) is 0 Å². The standard InChI is InChI=1S/C16H20N2OS/c1-12-2-6-14(7-3-12)19-9-8-16-18-11-15(20-16)10-17-13-4-5-13/h2-3,6-7,11,13,17H,4-5,8-10H2,1H3. The van der Waals surface area contributed by atoms with Crippen molar-refractivity contribution in [1.82, 2.24) is 10.3 Å². The molecule has 0 aliphatic heterocycles. The fourth-order valence-electron chi connectivity index (χ4n) is 1.97. The number of nitrogens with one attached hydrogen (secondary N) is 1. The van der Waals surface area contributed by atoms with E-state index in [0.29, 0.717) is 6.61 Å². The first-order valence-electron chi connectivity index (χ1n) is 7.16. The van der Waals surface area contributed by atoms with E-state index in [0.717, 1.165) is 29.8 Å². The van der Waals surface area contributed by atoms with Crippen molar-refractivity contribution < 1.29 is 4.74 Å². The average molecular weight is 288 g/mol. The number of aryl methyl sites for hydroxylation is 1. The third kappa shape index (κ3) is 4.05. The molecule has 3 nitrogen and oxygen atoms in total. The minimum absolute atomic E-state index is 0.687. The van der Waals surface area contributed by atoms with E-state index in [9.17, 15) is 0 Å². The lowest BCUT2D eigenvalue weighted by Crippen LogP contribution is -2.14. The van der Waals surface area contributed by atoms with Crippen molar-refractivity contribution in [3.05, 3.63) is 45.9 Å². The number of thiazole rings is 1. The zero-order chi connectivity index (χ0) is 13.8. The van der Waals surface area contributed by atoms with Crippen molar-refractivity contribution >= 4 is 11.3 Å². The van der Waals surface area contributed by atoms with Gasteiger partial charge in [-0.3, -0.25) is 0 Å². The molecule has 1 heterocycles. The maximum atomic E-state index is 5.73. The van der Waals surface area contributed by atoms with Gasteiger partial charge in [0, 0.05) is 30.1 Å². The molecule has 1 aromatic carbocycles. The van der Waals surface area contributed by atoms with Gasteiger partial charge in [0.1, 0.15) is 5.75 Å². The van der Waals surface area contributed by atoms with Gasteiger partial charge in [0.2, 0.25) is 0 Å². The molecule has 2 aromatic rings. The molecule has 0 unspecified atom stereocenters. The second-order valence-corrected chi connectivity index (χ2v) is 6.49. The van der Waals surface area contributed by atoms with Crippen LogP contribution in [-0.4, -0.2) is 17.6 Å². The Morgan fingerprint density at radius 2 is 2.10 bits per heavy atom. The van der Waals surface area contributed by atoms with E-state index in [-0.39, 0.29) is 0 Å². The van der Waals surface area contributed by atoms with Crippen LogP contribution in [0.1, 0.15) is 28.3 Å². The van der Waals surface area contributed by atoms with Gasteiger partial charge in [0.25, 0.3) is 0 Å². The van der Waals surface area contributed by atoms with E-state index in [4.69, 9.17) is 4.74 Å². The van der Waals surface area contributed by atoms with Gasteiger partial charge in [-0.05, 0) is 31.9 Å². The Hall–Kier alpha value is -1.39. The SMILES string of the molecule is Cc1ccc(OCCc2ncc(CNC3CC3)s2)cc1. The molecule has 0 spiro atoms. The predicted octanol–water partition coefficient (Wildman–Crippen LogP) is 3.33. The summed E-state index contributed by atoms with van der Waals surface area (Å²) in [5, 5.41) is 4.67. The third-order valence-corrected chi connectivity index (χ3v) is 4.41.